The van der Waals surface area contributed by atoms with E-state index in [0.29, 0.717) is 18.2 Å². The number of carbonyl (C=O) groups is 1. The molecule has 3 atom stereocenters. The molecule has 2 aliphatic rings. The molecular formula is C16H22F3NO4S. The summed E-state index contributed by atoms with van der Waals surface area (Å²) in [5.74, 6) is -2.76. The quantitative estimate of drug-likeness (QED) is 0.868. The Balaban J connectivity index is 0.000000277. The molecular weight excluding hydrogens is 359 g/mol. The van der Waals surface area contributed by atoms with Crippen molar-refractivity contribution in [3.8, 4) is 0 Å². The monoisotopic (exact) mass is 381 g/mol. The summed E-state index contributed by atoms with van der Waals surface area (Å²) >= 11 is 1.86. The van der Waals surface area contributed by atoms with E-state index in [1.165, 1.54) is 24.3 Å². The SMILES string of the molecule is COC[C@H]1CC[C@@H]2[C@@H](CCN2Cc2cccs2)O1.O=C(O)C(F)(F)F. The Labute approximate surface area is 148 Å². The van der Waals surface area contributed by atoms with Crippen molar-refractivity contribution in [1.82, 2.24) is 4.90 Å². The summed E-state index contributed by atoms with van der Waals surface area (Å²) in [4.78, 5) is 13.0. The van der Waals surface area contributed by atoms with E-state index in [1.54, 1.807) is 7.11 Å². The third-order valence-corrected chi connectivity index (χ3v) is 5.15. The summed E-state index contributed by atoms with van der Waals surface area (Å²) in [6.07, 6.45) is -0.771. The first-order chi connectivity index (χ1) is 11.8. The topological polar surface area (TPSA) is 59.0 Å². The van der Waals surface area contributed by atoms with Gasteiger partial charge in [0, 0.05) is 31.1 Å². The second-order valence-electron chi connectivity index (χ2n) is 6.04. The molecule has 0 radical (unpaired) electrons. The van der Waals surface area contributed by atoms with Crippen LogP contribution in [0.4, 0.5) is 13.2 Å². The van der Waals surface area contributed by atoms with Crippen molar-refractivity contribution in [1.29, 1.82) is 0 Å². The van der Waals surface area contributed by atoms with Gasteiger partial charge in [0.25, 0.3) is 0 Å². The molecule has 3 heterocycles. The second kappa shape index (κ2) is 8.98. The van der Waals surface area contributed by atoms with E-state index < -0.39 is 12.1 Å². The lowest BCUT2D eigenvalue weighted by Crippen LogP contribution is -2.43. The molecule has 1 aromatic rings. The van der Waals surface area contributed by atoms with E-state index in [0.717, 1.165) is 19.6 Å². The highest BCUT2D eigenvalue weighted by atomic mass is 32.1. The number of methoxy groups -OCH3 is 1. The van der Waals surface area contributed by atoms with Crippen molar-refractivity contribution in [2.45, 2.75) is 50.2 Å². The molecule has 1 aromatic heterocycles. The minimum atomic E-state index is -5.08. The number of alkyl halides is 3. The number of nitrogens with zero attached hydrogens (tertiary/aromatic N) is 1. The minimum Gasteiger partial charge on any atom is -0.475 e. The fourth-order valence-corrected chi connectivity index (χ4v) is 3.92. The smallest absolute Gasteiger partial charge is 0.475 e. The molecule has 142 valence electrons. The number of carboxylic acids is 1. The van der Waals surface area contributed by atoms with Gasteiger partial charge in [-0.1, -0.05) is 6.07 Å². The van der Waals surface area contributed by atoms with Gasteiger partial charge in [0.1, 0.15) is 0 Å². The number of aliphatic carboxylic acids is 1. The zero-order chi connectivity index (χ0) is 18.4. The number of hydrogen-bond acceptors (Lipinski definition) is 5. The van der Waals surface area contributed by atoms with Crippen LogP contribution in [0.3, 0.4) is 0 Å². The molecule has 0 spiro atoms. The summed E-state index contributed by atoms with van der Waals surface area (Å²) in [5, 5.41) is 9.29. The standard InChI is InChI=1S/C14H21NO2S.C2HF3O2/c1-16-10-11-4-5-13-14(17-11)6-7-15(13)9-12-3-2-8-18-12;3-2(4,5)1(6)7/h2-3,8,11,13-14H,4-7,9-10H2,1H3;(H,6,7)/t11-,13-,14-;/m1./s1. The van der Waals surface area contributed by atoms with E-state index in [9.17, 15) is 13.2 Å². The highest BCUT2D eigenvalue weighted by Crippen LogP contribution is 2.32. The van der Waals surface area contributed by atoms with Gasteiger partial charge in [-0.15, -0.1) is 11.3 Å². The van der Waals surface area contributed by atoms with E-state index in [2.05, 4.69) is 22.4 Å². The van der Waals surface area contributed by atoms with Crippen LogP contribution < -0.4 is 0 Å². The van der Waals surface area contributed by atoms with Crippen LogP contribution in [0, 0.1) is 0 Å². The molecule has 9 heteroatoms. The number of hydrogen-bond donors (Lipinski definition) is 1. The Morgan fingerprint density at radius 2 is 2.16 bits per heavy atom. The minimum absolute atomic E-state index is 0.318. The first-order valence-electron chi connectivity index (χ1n) is 8.02. The number of likely N-dealkylation sites (tertiary alicyclic amines) is 1. The molecule has 5 nitrogen and oxygen atoms in total. The average Bonchev–Trinajstić information content (AvgIpc) is 3.18. The lowest BCUT2D eigenvalue weighted by Gasteiger charge is -2.35. The largest absolute Gasteiger partial charge is 0.490 e. The van der Waals surface area contributed by atoms with Crippen molar-refractivity contribution in [3.63, 3.8) is 0 Å². The van der Waals surface area contributed by atoms with Crippen molar-refractivity contribution in [2.75, 3.05) is 20.3 Å². The van der Waals surface area contributed by atoms with Gasteiger partial charge in [-0.3, -0.25) is 4.90 Å². The third-order valence-electron chi connectivity index (χ3n) is 4.28. The Hall–Kier alpha value is -1.16. The van der Waals surface area contributed by atoms with Gasteiger partial charge in [0.2, 0.25) is 0 Å². The van der Waals surface area contributed by atoms with Gasteiger partial charge >= 0.3 is 12.1 Å². The molecule has 2 fully saturated rings. The molecule has 0 aliphatic carbocycles. The summed E-state index contributed by atoms with van der Waals surface area (Å²) in [6, 6.07) is 5.00. The number of ether oxygens (including phenoxy) is 2. The summed E-state index contributed by atoms with van der Waals surface area (Å²) in [6.45, 7) is 3.01. The van der Waals surface area contributed by atoms with E-state index in [4.69, 9.17) is 19.4 Å². The zero-order valence-electron chi connectivity index (χ0n) is 13.9. The van der Waals surface area contributed by atoms with Gasteiger partial charge in [-0.2, -0.15) is 13.2 Å². The average molecular weight is 381 g/mol. The Morgan fingerprint density at radius 1 is 1.44 bits per heavy atom. The number of halogens is 3. The first-order valence-corrected chi connectivity index (χ1v) is 8.90. The molecule has 1 N–H and O–H groups in total. The van der Waals surface area contributed by atoms with Crippen LogP contribution in [0.1, 0.15) is 24.1 Å². The summed E-state index contributed by atoms with van der Waals surface area (Å²) in [7, 11) is 1.76. The van der Waals surface area contributed by atoms with Crippen LogP contribution in [-0.2, 0) is 20.8 Å². The molecule has 2 saturated heterocycles. The van der Waals surface area contributed by atoms with Gasteiger partial charge in [-0.05, 0) is 30.7 Å². The van der Waals surface area contributed by atoms with Crippen molar-refractivity contribution in [2.24, 2.45) is 0 Å². The molecule has 0 aromatic carbocycles. The van der Waals surface area contributed by atoms with E-state index in [-0.39, 0.29) is 0 Å². The second-order valence-corrected chi connectivity index (χ2v) is 7.07. The third kappa shape index (κ3) is 5.95. The highest BCUT2D eigenvalue weighted by molar-refractivity contribution is 7.09. The van der Waals surface area contributed by atoms with Crippen molar-refractivity contribution >= 4 is 17.3 Å². The van der Waals surface area contributed by atoms with Crippen LogP contribution in [-0.4, -0.2) is 60.7 Å². The highest BCUT2D eigenvalue weighted by Gasteiger charge is 2.39. The van der Waals surface area contributed by atoms with Crippen LogP contribution in [0.15, 0.2) is 17.5 Å². The van der Waals surface area contributed by atoms with Gasteiger partial charge in [0.05, 0.1) is 18.8 Å². The Kier molecular flexibility index (Phi) is 7.24. The maximum atomic E-state index is 10.6. The van der Waals surface area contributed by atoms with Crippen LogP contribution in [0.25, 0.3) is 0 Å². The Morgan fingerprint density at radius 3 is 2.72 bits per heavy atom. The molecule has 25 heavy (non-hydrogen) atoms. The van der Waals surface area contributed by atoms with Gasteiger partial charge in [0.15, 0.2) is 0 Å². The lowest BCUT2D eigenvalue weighted by atomic mass is 9.99. The molecule has 3 rings (SSSR count). The summed E-state index contributed by atoms with van der Waals surface area (Å²) in [5.41, 5.74) is 0. The fourth-order valence-electron chi connectivity index (χ4n) is 3.19. The first kappa shape index (κ1) is 20.2. The van der Waals surface area contributed by atoms with Crippen LogP contribution in [0.2, 0.25) is 0 Å². The lowest BCUT2D eigenvalue weighted by molar-refractivity contribution is -0.192. The van der Waals surface area contributed by atoms with E-state index in [1.807, 2.05) is 11.3 Å². The maximum absolute atomic E-state index is 10.6. The molecule has 0 unspecified atom stereocenters. The predicted octanol–water partition coefficient (Wildman–Crippen LogP) is 3.15. The summed E-state index contributed by atoms with van der Waals surface area (Å²) < 4.78 is 43.1. The molecule has 0 amide bonds. The molecule has 2 aliphatic heterocycles. The zero-order valence-corrected chi connectivity index (χ0v) is 14.7. The fraction of sp³-hybridized carbons (Fsp3) is 0.688. The maximum Gasteiger partial charge on any atom is 0.490 e. The predicted molar refractivity (Wildman–Crippen MR) is 86.6 cm³/mol. The Bertz CT molecular complexity index is 538. The van der Waals surface area contributed by atoms with Crippen LogP contribution in [0.5, 0.6) is 0 Å². The van der Waals surface area contributed by atoms with Gasteiger partial charge in [-0.25, -0.2) is 4.79 Å². The number of rotatable bonds is 4. The molecule has 0 saturated carbocycles. The number of carboxylic acid groups (broad SMARTS) is 1. The van der Waals surface area contributed by atoms with E-state index >= 15 is 0 Å². The number of thiophene rings is 1. The normalized spacial score (nSPS) is 26.6. The van der Waals surface area contributed by atoms with Crippen molar-refractivity contribution < 1.29 is 32.5 Å². The van der Waals surface area contributed by atoms with Gasteiger partial charge < -0.3 is 14.6 Å². The van der Waals surface area contributed by atoms with Crippen LogP contribution >= 0.6 is 11.3 Å². The number of fused-ring (bicyclic) bond motifs is 1. The molecule has 0 bridgehead atoms. The van der Waals surface area contributed by atoms with Crippen molar-refractivity contribution in [3.05, 3.63) is 22.4 Å².